The molecular formula is C25H25NO7S. The number of carbonyl (C=O) groups excluding carboxylic acids is 3. The average Bonchev–Trinajstić information content (AvgIpc) is 3.27. The van der Waals surface area contributed by atoms with Crippen LogP contribution in [0, 0.1) is 5.92 Å². The van der Waals surface area contributed by atoms with Crippen LogP contribution in [0.1, 0.15) is 47.2 Å². The molecule has 0 aliphatic rings. The Hall–Kier alpha value is -3.72. The Bertz CT molecular complexity index is 1280. The molecule has 1 atom stereocenters. The van der Waals surface area contributed by atoms with Crippen LogP contribution in [0.5, 0.6) is 0 Å². The molecule has 178 valence electrons. The summed E-state index contributed by atoms with van der Waals surface area (Å²) in [6.45, 7) is 4.95. The van der Waals surface area contributed by atoms with Crippen molar-refractivity contribution in [3.63, 3.8) is 0 Å². The minimum absolute atomic E-state index is 0.118. The number of hydrogen-bond acceptors (Lipinski definition) is 7. The van der Waals surface area contributed by atoms with Crippen LogP contribution >= 0.6 is 0 Å². The Morgan fingerprint density at radius 3 is 2.21 bits per heavy atom. The van der Waals surface area contributed by atoms with E-state index in [0.717, 1.165) is 0 Å². The van der Waals surface area contributed by atoms with Gasteiger partial charge in [-0.25, -0.2) is 13.2 Å². The highest BCUT2D eigenvalue weighted by Gasteiger charge is 2.27. The van der Waals surface area contributed by atoms with Crippen molar-refractivity contribution in [1.29, 1.82) is 0 Å². The van der Waals surface area contributed by atoms with Gasteiger partial charge < -0.3 is 14.5 Å². The molecular weight excluding hydrogens is 458 g/mol. The summed E-state index contributed by atoms with van der Waals surface area (Å²) in [6.07, 6.45) is 0.0515. The van der Waals surface area contributed by atoms with Gasteiger partial charge in [-0.05, 0) is 49.4 Å². The van der Waals surface area contributed by atoms with Crippen LogP contribution in [-0.2, 0) is 25.1 Å². The molecule has 0 bridgehead atoms. The van der Waals surface area contributed by atoms with Gasteiger partial charge in [0.1, 0.15) is 0 Å². The number of nitrogens with one attached hydrogen (secondary N) is 1. The number of carbonyl (C=O) groups is 3. The normalized spacial score (nSPS) is 12.2. The Kier molecular flexibility index (Phi) is 7.68. The minimum Gasteiger partial charge on any atom is -0.457 e. The molecule has 0 aliphatic heterocycles. The molecule has 1 amide bonds. The molecule has 1 N–H and O–H groups in total. The van der Waals surface area contributed by atoms with Gasteiger partial charge in [-0.3, -0.25) is 9.59 Å². The van der Waals surface area contributed by atoms with E-state index in [0.29, 0.717) is 5.69 Å². The van der Waals surface area contributed by atoms with Crippen molar-refractivity contribution in [1.82, 2.24) is 0 Å². The highest BCUT2D eigenvalue weighted by Crippen LogP contribution is 2.21. The first-order valence-electron chi connectivity index (χ1n) is 10.6. The number of ether oxygens (including phenoxy) is 1. The smallest absolute Gasteiger partial charge is 0.375 e. The van der Waals surface area contributed by atoms with Crippen molar-refractivity contribution in [2.45, 2.75) is 37.5 Å². The molecule has 34 heavy (non-hydrogen) atoms. The maximum absolute atomic E-state index is 12.7. The number of benzene rings is 2. The van der Waals surface area contributed by atoms with Crippen molar-refractivity contribution in [3.8, 4) is 0 Å². The van der Waals surface area contributed by atoms with Crippen LogP contribution in [0.2, 0.25) is 0 Å². The molecule has 8 nitrogen and oxygen atoms in total. The molecule has 0 spiro atoms. The van der Waals surface area contributed by atoms with Crippen molar-refractivity contribution < 1.29 is 32.0 Å². The van der Waals surface area contributed by atoms with E-state index in [1.807, 2.05) is 0 Å². The van der Waals surface area contributed by atoms with Crippen molar-refractivity contribution in [3.05, 3.63) is 83.8 Å². The first-order valence-corrected chi connectivity index (χ1v) is 12.2. The van der Waals surface area contributed by atoms with Gasteiger partial charge in [-0.1, -0.05) is 32.0 Å². The van der Waals surface area contributed by atoms with E-state index >= 15 is 0 Å². The van der Waals surface area contributed by atoms with Crippen LogP contribution in [0.4, 0.5) is 5.69 Å². The number of ketones is 1. The molecule has 1 heterocycles. The fraction of sp³-hybridized carbons (Fsp3) is 0.240. The molecule has 2 aromatic carbocycles. The minimum atomic E-state index is -3.71. The summed E-state index contributed by atoms with van der Waals surface area (Å²) < 4.78 is 35.7. The number of hydrogen-bond donors (Lipinski definition) is 1. The first kappa shape index (κ1) is 24.9. The lowest BCUT2D eigenvalue weighted by atomic mass is 10.1. The molecule has 0 radical (unpaired) electrons. The van der Waals surface area contributed by atoms with E-state index in [1.165, 1.54) is 43.5 Å². The van der Waals surface area contributed by atoms with E-state index < -0.39 is 33.4 Å². The summed E-state index contributed by atoms with van der Waals surface area (Å²) in [5.74, 6) is -2.46. The molecule has 3 aromatic rings. The molecule has 0 saturated carbocycles. The van der Waals surface area contributed by atoms with E-state index in [2.05, 4.69) is 5.32 Å². The maximum atomic E-state index is 12.7. The average molecular weight is 484 g/mol. The first-order chi connectivity index (χ1) is 16.1. The number of furan rings is 1. The maximum Gasteiger partial charge on any atom is 0.375 e. The lowest BCUT2D eigenvalue weighted by Crippen LogP contribution is -2.25. The number of amides is 1. The van der Waals surface area contributed by atoms with Crippen molar-refractivity contribution in [2.24, 2.45) is 5.92 Å². The third kappa shape index (κ3) is 5.99. The quantitative estimate of drug-likeness (QED) is 0.356. The summed E-state index contributed by atoms with van der Waals surface area (Å²) >= 11 is 0. The third-order valence-corrected chi connectivity index (χ3v) is 6.68. The van der Waals surface area contributed by atoms with Gasteiger partial charge in [-0.2, -0.15) is 0 Å². The molecule has 1 aromatic heterocycles. The van der Waals surface area contributed by atoms with Gasteiger partial charge in [-0.15, -0.1) is 0 Å². The van der Waals surface area contributed by atoms with E-state index in [-0.39, 0.29) is 33.6 Å². The Morgan fingerprint density at radius 2 is 1.59 bits per heavy atom. The molecule has 0 aliphatic carbocycles. The lowest BCUT2D eigenvalue weighted by Gasteiger charge is -2.13. The number of rotatable bonds is 9. The second-order valence-corrected chi connectivity index (χ2v) is 9.97. The fourth-order valence-electron chi connectivity index (χ4n) is 3.05. The predicted molar refractivity (Wildman–Crippen MR) is 125 cm³/mol. The SMILES string of the molecule is CC(C)C(=O)Nc1ccc(C(=O)C(C)OC(=O)c2occc2CS(=O)(=O)c2ccccc2)cc1. The molecule has 0 saturated heterocycles. The standard InChI is InChI=1S/C25H25NO7S/c1-16(2)24(28)26-20-11-9-18(10-12-20)22(27)17(3)33-25(29)23-19(13-14-32-23)15-34(30,31)21-7-5-4-6-8-21/h4-14,16-17H,15H2,1-3H3,(H,26,28). The molecule has 1 unspecified atom stereocenters. The van der Waals surface area contributed by atoms with Gasteiger partial charge in [0.25, 0.3) is 0 Å². The Morgan fingerprint density at radius 1 is 0.941 bits per heavy atom. The predicted octanol–water partition coefficient (Wildman–Crippen LogP) is 4.28. The zero-order valence-electron chi connectivity index (χ0n) is 19.0. The van der Waals surface area contributed by atoms with Gasteiger partial charge in [0.05, 0.1) is 16.9 Å². The summed E-state index contributed by atoms with van der Waals surface area (Å²) in [6, 6.07) is 15.4. The number of anilines is 1. The van der Waals surface area contributed by atoms with Crippen molar-refractivity contribution in [2.75, 3.05) is 5.32 Å². The van der Waals surface area contributed by atoms with Crippen LogP contribution in [0.25, 0.3) is 0 Å². The summed E-state index contributed by atoms with van der Waals surface area (Å²) in [4.78, 5) is 37.2. The van der Waals surface area contributed by atoms with Gasteiger partial charge >= 0.3 is 5.97 Å². The van der Waals surface area contributed by atoms with Crippen LogP contribution in [0.3, 0.4) is 0 Å². The fourth-order valence-corrected chi connectivity index (χ4v) is 4.43. The zero-order valence-corrected chi connectivity index (χ0v) is 19.8. The van der Waals surface area contributed by atoms with E-state index in [1.54, 1.807) is 44.2 Å². The number of esters is 1. The summed E-state index contributed by atoms with van der Waals surface area (Å²) in [5, 5.41) is 2.73. The monoisotopic (exact) mass is 483 g/mol. The second kappa shape index (κ2) is 10.5. The summed E-state index contributed by atoms with van der Waals surface area (Å²) in [7, 11) is -3.71. The van der Waals surface area contributed by atoms with Crippen molar-refractivity contribution >= 4 is 33.2 Å². The zero-order chi connectivity index (χ0) is 24.9. The van der Waals surface area contributed by atoms with Crippen LogP contribution in [-0.4, -0.2) is 32.2 Å². The third-order valence-electron chi connectivity index (χ3n) is 4.99. The topological polar surface area (TPSA) is 120 Å². The summed E-state index contributed by atoms with van der Waals surface area (Å²) in [5.41, 5.74) is 0.965. The number of sulfone groups is 1. The van der Waals surface area contributed by atoms with E-state index in [4.69, 9.17) is 9.15 Å². The Labute approximate surface area is 197 Å². The second-order valence-electron chi connectivity index (χ2n) is 7.98. The van der Waals surface area contributed by atoms with Gasteiger partial charge in [0, 0.05) is 22.7 Å². The van der Waals surface area contributed by atoms with Gasteiger partial charge in [0.2, 0.25) is 17.5 Å². The molecule has 3 rings (SSSR count). The van der Waals surface area contributed by atoms with E-state index in [9.17, 15) is 22.8 Å². The highest BCUT2D eigenvalue weighted by molar-refractivity contribution is 7.90. The highest BCUT2D eigenvalue weighted by atomic mass is 32.2. The molecule has 0 fully saturated rings. The largest absolute Gasteiger partial charge is 0.457 e. The van der Waals surface area contributed by atoms with Gasteiger partial charge in [0.15, 0.2) is 15.9 Å². The number of Topliss-reactive ketones (excluding diaryl/α,β-unsaturated/α-hetero) is 1. The van der Waals surface area contributed by atoms with Crippen LogP contribution < -0.4 is 5.32 Å². The molecule has 9 heteroatoms. The van der Waals surface area contributed by atoms with Crippen LogP contribution in [0.15, 0.2) is 76.2 Å². The Balaban J connectivity index is 1.67. The lowest BCUT2D eigenvalue weighted by molar-refractivity contribution is -0.118.